The maximum atomic E-state index is 10.6. The Hall–Kier alpha value is -0.640. The molecule has 1 aromatic carbocycles. The molecule has 0 heterocycles. The molecule has 0 fully saturated rings. The highest BCUT2D eigenvalue weighted by Crippen LogP contribution is 2.36. The van der Waals surface area contributed by atoms with Crippen LogP contribution >= 0.6 is 34.8 Å². The first kappa shape index (κ1) is 12.4. The predicted octanol–water partition coefficient (Wildman–Crippen LogP) is 3.50. The number of rotatable bonds is 3. The fourth-order valence-corrected chi connectivity index (χ4v) is 1.77. The number of ether oxygens (including phenoxy) is 1. The third-order valence-electron chi connectivity index (χ3n) is 1.61. The molecule has 0 unspecified atom stereocenters. The molecule has 0 saturated carbocycles. The molecule has 82 valence electrons. The van der Waals surface area contributed by atoms with Gasteiger partial charge in [0.1, 0.15) is 0 Å². The number of carboxylic acids is 1. The molecule has 0 aromatic heterocycles. The van der Waals surface area contributed by atoms with Crippen molar-refractivity contribution < 1.29 is 14.6 Å². The number of carbonyl (C=O) groups is 1. The lowest BCUT2D eigenvalue weighted by Crippen LogP contribution is -2.23. The van der Waals surface area contributed by atoms with Crippen LogP contribution < -0.4 is 4.74 Å². The van der Waals surface area contributed by atoms with E-state index in [-0.39, 0.29) is 15.8 Å². The molecule has 1 atom stereocenters. The third-order valence-corrected chi connectivity index (χ3v) is 2.39. The van der Waals surface area contributed by atoms with Gasteiger partial charge in [0, 0.05) is 5.02 Å². The van der Waals surface area contributed by atoms with Crippen molar-refractivity contribution in [3.63, 3.8) is 0 Å². The van der Waals surface area contributed by atoms with Crippen molar-refractivity contribution in [2.45, 2.75) is 13.0 Å². The van der Waals surface area contributed by atoms with Gasteiger partial charge in [-0.2, -0.15) is 0 Å². The van der Waals surface area contributed by atoms with E-state index in [1.807, 2.05) is 0 Å². The Morgan fingerprint density at radius 2 is 1.80 bits per heavy atom. The van der Waals surface area contributed by atoms with E-state index in [2.05, 4.69) is 0 Å². The summed E-state index contributed by atoms with van der Waals surface area (Å²) in [5.41, 5.74) is 0. The van der Waals surface area contributed by atoms with Gasteiger partial charge in [0.2, 0.25) is 0 Å². The minimum atomic E-state index is -1.10. The molecule has 6 heteroatoms. The molecule has 0 saturated heterocycles. The fourth-order valence-electron chi connectivity index (χ4n) is 0.869. The van der Waals surface area contributed by atoms with Gasteiger partial charge in [-0.15, -0.1) is 0 Å². The van der Waals surface area contributed by atoms with Crippen LogP contribution in [-0.2, 0) is 4.79 Å². The zero-order valence-corrected chi connectivity index (χ0v) is 9.90. The molecule has 0 spiro atoms. The quantitative estimate of drug-likeness (QED) is 0.913. The van der Waals surface area contributed by atoms with Crippen molar-refractivity contribution in [3.05, 3.63) is 27.2 Å². The van der Waals surface area contributed by atoms with Crippen LogP contribution in [0, 0.1) is 0 Å². The van der Waals surface area contributed by atoms with E-state index < -0.39 is 12.1 Å². The second-order valence-electron chi connectivity index (χ2n) is 2.80. The van der Waals surface area contributed by atoms with Crippen molar-refractivity contribution in [1.29, 1.82) is 0 Å². The van der Waals surface area contributed by atoms with Crippen LogP contribution in [0.2, 0.25) is 15.1 Å². The molecular formula is C9H7Cl3O3. The van der Waals surface area contributed by atoms with Crippen LogP contribution in [0.1, 0.15) is 6.92 Å². The van der Waals surface area contributed by atoms with Crippen molar-refractivity contribution in [2.75, 3.05) is 0 Å². The van der Waals surface area contributed by atoms with Crippen LogP contribution in [0.4, 0.5) is 0 Å². The summed E-state index contributed by atoms with van der Waals surface area (Å²) < 4.78 is 5.07. The summed E-state index contributed by atoms with van der Waals surface area (Å²) in [6, 6.07) is 2.86. The number of benzene rings is 1. The molecule has 1 aromatic rings. The first-order chi connectivity index (χ1) is 6.91. The minimum Gasteiger partial charge on any atom is -0.479 e. The van der Waals surface area contributed by atoms with E-state index in [0.717, 1.165) is 0 Å². The zero-order chi connectivity index (χ0) is 11.6. The minimum absolute atomic E-state index is 0.123. The van der Waals surface area contributed by atoms with E-state index in [1.165, 1.54) is 19.1 Å². The van der Waals surface area contributed by atoms with Crippen LogP contribution in [0.3, 0.4) is 0 Å². The van der Waals surface area contributed by atoms with E-state index in [1.54, 1.807) is 0 Å². The van der Waals surface area contributed by atoms with Crippen LogP contribution in [0.25, 0.3) is 0 Å². The number of hydrogen-bond donors (Lipinski definition) is 1. The molecule has 0 amide bonds. The second kappa shape index (κ2) is 4.92. The summed E-state index contributed by atoms with van der Waals surface area (Å²) in [5.74, 6) is -0.977. The molecule has 1 rings (SSSR count). The van der Waals surface area contributed by atoms with Crippen LogP contribution in [-0.4, -0.2) is 17.2 Å². The van der Waals surface area contributed by atoms with Crippen molar-refractivity contribution >= 4 is 40.8 Å². The summed E-state index contributed by atoms with van der Waals surface area (Å²) in [7, 11) is 0. The number of aliphatic carboxylic acids is 1. The first-order valence-corrected chi connectivity index (χ1v) is 5.09. The highest BCUT2D eigenvalue weighted by atomic mass is 35.5. The Balaban J connectivity index is 3.00. The maximum Gasteiger partial charge on any atom is 0.344 e. The first-order valence-electron chi connectivity index (χ1n) is 3.96. The lowest BCUT2D eigenvalue weighted by Gasteiger charge is -2.13. The molecule has 1 N–H and O–H groups in total. The number of halogens is 3. The normalized spacial score (nSPS) is 12.3. The zero-order valence-electron chi connectivity index (χ0n) is 7.63. The fraction of sp³-hybridized carbons (Fsp3) is 0.222. The largest absolute Gasteiger partial charge is 0.479 e. The van der Waals surface area contributed by atoms with Gasteiger partial charge in [0.25, 0.3) is 0 Å². The Morgan fingerprint density at radius 3 is 2.20 bits per heavy atom. The highest BCUT2D eigenvalue weighted by molar-refractivity contribution is 6.40. The molecular weight excluding hydrogens is 262 g/mol. The van der Waals surface area contributed by atoms with Crippen molar-refractivity contribution in [2.24, 2.45) is 0 Å². The Morgan fingerprint density at radius 1 is 1.33 bits per heavy atom. The molecule has 0 radical (unpaired) electrons. The molecule has 0 aliphatic carbocycles. The van der Waals surface area contributed by atoms with E-state index >= 15 is 0 Å². The summed E-state index contributed by atoms with van der Waals surface area (Å²) in [6.45, 7) is 1.38. The van der Waals surface area contributed by atoms with Gasteiger partial charge in [-0.1, -0.05) is 34.8 Å². The molecule has 3 nitrogen and oxygen atoms in total. The van der Waals surface area contributed by atoms with Gasteiger partial charge in [0.05, 0.1) is 10.0 Å². The Kier molecular flexibility index (Phi) is 4.08. The van der Waals surface area contributed by atoms with Gasteiger partial charge >= 0.3 is 5.97 Å². The SMILES string of the molecule is C[C@@H](Oc1c(Cl)cc(Cl)cc1Cl)C(=O)O. The summed E-state index contributed by atoms with van der Waals surface area (Å²) >= 11 is 17.3. The maximum absolute atomic E-state index is 10.6. The van der Waals surface area contributed by atoms with Gasteiger partial charge in [0.15, 0.2) is 11.9 Å². The summed E-state index contributed by atoms with van der Waals surface area (Å²) in [4.78, 5) is 10.6. The van der Waals surface area contributed by atoms with E-state index in [0.29, 0.717) is 5.02 Å². The number of carboxylic acid groups (broad SMARTS) is 1. The molecule has 15 heavy (non-hydrogen) atoms. The van der Waals surface area contributed by atoms with E-state index in [9.17, 15) is 4.79 Å². The van der Waals surface area contributed by atoms with Gasteiger partial charge in [-0.05, 0) is 19.1 Å². The standard InChI is InChI=1S/C9H7Cl3O3/c1-4(9(13)14)15-8-6(11)2-5(10)3-7(8)12/h2-4H,1H3,(H,13,14)/t4-/m1/s1. The monoisotopic (exact) mass is 268 g/mol. The average molecular weight is 270 g/mol. The lowest BCUT2D eigenvalue weighted by atomic mass is 10.3. The van der Waals surface area contributed by atoms with Crippen LogP contribution in [0.5, 0.6) is 5.75 Å². The lowest BCUT2D eigenvalue weighted by molar-refractivity contribution is -0.144. The second-order valence-corrected chi connectivity index (χ2v) is 4.05. The summed E-state index contributed by atoms with van der Waals surface area (Å²) in [6.07, 6.45) is -1.03. The number of hydrogen-bond acceptors (Lipinski definition) is 2. The van der Waals surface area contributed by atoms with Crippen LogP contribution in [0.15, 0.2) is 12.1 Å². The predicted molar refractivity (Wildman–Crippen MR) is 59.2 cm³/mol. The Labute approximate surface area is 102 Å². The molecule has 0 bridgehead atoms. The summed E-state index contributed by atoms with van der Waals surface area (Å²) in [5, 5.41) is 9.37. The average Bonchev–Trinajstić information content (AvgIpc) is 2.10. The smallest absolute Gasteiger partial charge is 0.344 e. The third kappa shape index (κ3) is 3.16. The molecule has 0 aliphatic rings. The highest BCUT2D eigenvalue weighted by Gasteiger charge is 2.17. The molecule has 0 aliphatic heterocycles. The van der Waals surface area contributed by atoms with Gasteiger partial charge in [-0.3, -0.25) is 0 Å². The topological polar surface area (TPSA) is 46.5 Å². The Bertz CT molecular complexity index is 369. The van der Waals surface area contributed by atoms with Gasteiger partial charge < -0.3 is 9.84 Å². The van der Waals surface area contributed by atoms with E-state index in [4.69, 9.17) is 44.6 Å². The van der Waals surface area contributed by atoms with Crippen molar-refractivity contribution in [1.82, 2.24) is 0 Å². The van der Waals surface area contributed by atoms with Gasteiger partial charge in [-0.25, -0.2) is 4.79 Å². The van der Waals surface area contributed by atoms with Crippen molar-refractivity contribution in [3.8, 4) is 5.75 Å².